The van der Waals surface area contributed by atoms with E-state index in [4.69, 9.17) is 0 Å². The molecule has 0 aromatic heterocycles. The van der Waals surface area contributed by atoms with Crippen LogP contribution in [-0.2, 0) is 0 Å². The standard InChI is InChI=1S/C40H32/c1-5-13-35(14-6-1)39(36-15-7-2-8-16-36)29-31-21-25-33(26-22-31)34-27-23-32(24-28-34)30-40(37-17-9-3-10-18-37)38-19-11-4-12-20-38/h1-3,5-11,13-30H,4,12H2/b40-30-. The highest BCUT2D eigenvalue weighted by molar-refractivity contribution is 5.93. The zero-order valence-electron chi connectivity index (χ0n) is 22.6. The fourth-order valence-electron chi connectivity index (χ4n) is 5.21. The SMILES string of the molecule is C1=CC(/C(=C\c2ccc(-c3ccc(C=C(c4ccccc4)c4ccccc4)cc3)cc2)c2ccccc2)=CCC1. The maximum atomic E-state index is 2.35. The van der Waals surface area contributed by atoms with Gasteiger partial charge < -0.3 is 0 Å². The molecule has 1 aliphatic carbocycles. The molecule has 192 valence electrons. The van der Waals surface area contributed by atoms with Gasteiger partial charge >= 0.3 is 0 Å². The third-order valence-corrected chi connectivity index (χ3v) is 7.34. The van der Waals surface area contributed by atoms with E-state index < -0.39 is 0 Å². The molecule has 0 fully saturated rings. The van der Waals surface area contributed by atoms with Crippen molar-refractivity contribution in [3.63, 3.8) is 0 Å². The Labute approximate surface area is 238 Å². The molecule has 0 saturated carbocycles. The van der Waals surface area contributed by atoms with Crippen LogP contribution in [0.2, 0.25) is 0 Å². The Morgan fingerprint density at radius 1 is 0.425 bits per heavy atom. The number of rotatable bonds is 7. The van der Waals surface area contributed by atoms with Crippen LogP contribution >= 0.6 is 0 Å². The van der Waals surface area contributed by atoms with Crippen molar-refractivity contribution in [1.29, 1.82) is 0 Å². The molecule has 0 radical (unpaired) electrons. The molecule has 0 amide bonds. The highest BCUT2D eigenvalue weighted by Gasteiger charge is 2.09. The van der Waals surface area contributed by atoms with Gasteiger partial charge in [0.1, 0.15) is 0 Å². The molecule has 0 unspecified atom stereocenters. The second kappa shape index (κ2) is 12.3. The maximum Gasteiger partial charge on any atom is -0.0105 e. The molecule has 0 spiro atoms. The second-order valence-corrected chi connectivity index (χ2v) is 10.1. The van der Waals surface area contributed by atoms with Crippen LogP contribution in [0.3, 0.4) is 0 Å². The van der Waals surface area contributed by atoms with Crippen molar-refractivity contribution in [2.75, 3.05) is 0 Å². The van der Waals surface area contributed by atoms with Crippen LogP contribution in [0.5, 0.6) is 0 Å². The maximum absolute atomic E-state index is 2.35. The molecule has 1 aliphatic rings. The Hall–Kier alpha value is -4.94. The smallest absolute Gasteiger partial charge is 0.0105 e. The van der Waals surface area contributed by atoms with Crippen LogP contribution in [0.1, 0.15) is 40.7 Å². The molecular weight excluding hydrogens is 480 g/mol. The molecule has 6 rings (SSSR count). The lowest BCUT2D eigenvalue weighted by atomic mass is 9.92. The molecule has 5 aromatic rings. The number of hydrogen-bond donors (Lipinski definition) is 0. The first-order chi connectivity index (χ1) is 19.8. The van der Waals surface area contributed by atoms with E-state index in [1.54, 1.807) is 0 Å². The predicted octanol–water partition coefficient (Wildman–Crippen LogP) is 10.8. The van der Waals surface area contributed by atoms with Gasteiger partial charge in [-0.1, -0.05) is 158 Å². The molecule has 0 N–H and O–H groups in total. The van der Waals surface area contributed by atoms with Gasteiger partial charge in [0.25, 0.3) is 0 Å². The first-order valence-corrected chi connectivity index (χ1v) is 14.0. The summed E-state index contributed by atoms with van der Waals surface area (Å²) in [6, 6.07) is 49.7. The predicted molar refractivity (Wildman–Crippen MR) is 173 cm³/mol. The summed E-state index contributed by atoms with van der Waals surface area (Å²) in [6.45, 7) is 0. The van der Waals surface area contributed by atoms with Crippen LogP contribution in [0, 0.1) is 0 Å². The van der Waals surface area contributed by atoms with Crippen molar-refractivity contribution >= 4 is 23.3 Å². The lowest BCUT2D eigenvalue weighted by Crippen LogP contribution is -1.91. The summed E-state index contributed by atoms with van der Waals surface area (Å²) in [5, 5.41) is 0. The Morgan fingerprint density at radius 2 is 0.850 bits per heavy atom. The van der Waals surface area contributed by atoms with Crippen molar-refractivity contribution in [3.8, 4) is 11.1 Å². The van der Waals surface area contributed by atoms with E-state index in [2.05, 4.69) is 170 Å². The van der Waals surface area contributed by atoms with E-state index >= 15 is 0 Å². The minimum absolute atomic E-state index is 1.10. The summed E-state index contributed by atoms with van der Waals surface area (Å²) in [7, 11) is 0. The topological polar surface area (TPSA) is 0 Å². The van der Waals surface area contributed by atoms with Gasteiger partial charge in [-0.3, -0.25) is 0 Å². The van der Waals surface area contributed by atoms with Crippen molar-refractivity contribution < 1.29 is 0 Å². The zero-order valence-corrected chi connectivity index (χ0v) is 22.6. The summed E-state index contributed by atoms with van der Waals surface area (Å²) in [5.74, 6) is 0. The minimum atomic E-state index is 1.10. The molecule has 0 saturated heterocycles. The molecule has 0 heterocycles. The average Bonchev–Trinajstić information content (AvgIpc) is 3.05. The van der Waals surface area contributed by atoms with Gasteiger partial charge in [0.15, 0.2) is 0 Å². The summed E-state index contributed by atoms with van der Waals surface area (Å²) in [6.07, 6.45) is 13.7. The molecule has 0 bridgehead atoms. The molecule has 40 heavy (non-hydrogen) atoms. The number of allylic oxidation sites excluding steroid dienone is 5. The Bertz CT molecular complexity index is 1620. The van der Waals surface area contributed by atoms with Crippen LogP contribution in [0.4, 0.5) is 0 Å². The van der Waals surface area contributed by atoms with E-state index in [0.717, 1.165) is 12.8 Å². The van der Waals surface area contributed by atoms with E-state index in [1.165, 1.54) is 55.7 Å². The van der Waals surface area contributed by atoms with E-state index in [0.29, 0.717) is 0 Å². The lowest BCUT2D eigenvalue weighted by Gasteiger charge is -2.13. The van der Waals surface area contributed by atoms with Gasteiger partial charge in [0.2, 0.25) is 0 Å². The Kier molecular flexibility index (Phi) is 7.78. The quantitative estimate of drug-likeness (QED) is 0.190. The average molecular weight is 513 g/mol. The van der Waals surface area contributed by atoms with Gasteiger partial charge in [-0.25, -0.2) is 0 Å². The summed E-state index contributed by atoms with van der Waals surface area (Å²) in [4.78, 5) is 0. The monoisotopic (exact) mass is 512 g/mol. The largest absolute Gasteiger partial charge is 0.0836 e. The summed E-state index contributed by atoms with van der Waals surface area (Å²) >= 11 is 0. The molecule has 0 aliphatic heterocycles. The number of hydrogen-bond acceptors (Lipinski definition) is 0. The van der Waals surface area contributed by atoms with E-state index in [-0.39, 0.29) is 0 Å². The van der Waals surface area contributed by atoms with Crippen LogP contribution in [0.15, 0.2) is 163 Å². The molecule has 0 heteroatoms. The van der Waals surface area contributed by atoms with Gasteiger partial charge in [0.05, 0.1) is 0 Å². The van der Waals surface area contributed by atoms with Crippen LogP contribution in [-0.4, -0.2) is 0 Å². The first-order valence-electron chi connectivity index (χ1n) is 14.0. The summed E-state index contributed by atoms with van der Waals surface area (Å²) in [5.41, 5.74) is 12.3. The van der Waals surface area contributed by atoms with E-state index in [1.807, 2.05) is 0 Å². The normalized spacial score (nSPS) is 13.0. The fourth-order valence-corrected chi connectivity index (χ4v) is 5.21. The van der Waals surface area contributed by atoms with Crippen molar-refractivity contribution in [3.05, 3.63) is 191 Å². The van der Waals surface area contributed by atoms with Crippen molar-refractivity contribution in [1.82, 2.24) is 0 Å². The van der Waals surface area contributed by atoms with E-state index in [9.17, 15) is 0 Å². The third-order valence-electron chi connectivity index (χ3n) is 7.34. The molecule has 0 atom stereocenters. The van der Waals surface area contributed by atoms with Crippen LogP contribution < -0.4 is 0 Å². The Morgan fingerprint density at radius 3 is 1.27 bits per heavy atom. The zero-order chi connectivity index (χ0) is 27.0. The van der Waals surface area contributed by atoms with Crippen LogP contribution in [0.25, 0.3) is 34.4 Å². The molecular formula is C40H32. The van der Waals surface area contributed by atoms with Gasteiger partial charge in [0, 0.05) is 0 Å². The summed E-state index contributed by atoms with van der Waals surface area (Å²) < 4.78 is 0. The minimum Gasteiger partial charge on any atom is -0.0836 e. The third kappa shape index (κ3) is 6.03. The lowest BCUT2D eigenvalue weighted by molar-refractivity contribution is 1.03. The van der Waals surface area contributed by atoms with Gasteiger partial charge in [-0.2, -0.15) is 0 Å². The van der Waals surface area contributed by atoms with Crippen molar-refractivity contribution in [2.24, 2.45) is 0 Å². The number of benzene rings is 5. The van der Waals surface area contributed by atoms with Gasteiger partial charge in [-0.15, -0.1) is 0 Å². The first kappa shape index (κ1) is 25.3. The highest BCUT2D eigenvalue weighted by atomic mass is 14.1. The fraction of sp³-hybridized carbons (Fsp3) is 0.0500. The molecule has 0 nitrogen and oxygen atoms in total. The van der Waals surface area contributed by atoms with Gasteiger partial charge in [-0.05, 0) is 80.7 Å². The van der Waals surface area contributed by atoms with Crippen molar-refractivity contribution in [2.45, 2.75) is 12.8 Å². The molecule has 5 aromatic carbocycles. The second-order valence-electron chi connectivity index (χ2n) is 10.1. The Balaban J connectivity index is 1.27. The highest BCUT2D eigenvalue weighted by Crippen LogP contribution is 2.31.